The van der Waals surface area contributed by atoms with Crippen LogP contribution in [0, 0.1) is 12.8 Å². The van der Waals surface area contributed by atoms with E-state index < -0.39 is 0 Å². The van der Waals surface area contributed by atoms with Crippen molar-refractivity contribution in [2.45, 2.75) is 33.2 Å². The summed E-state index contributed by atoms with van der Waals surface area (Å²) >= 11 is 0. The number of rotatable bonds is 5. The number of hydrogen-bond donors (Lipinski definition) is 1. The van der Waals surface area contributed by atoms with Gasteiger partial charge in [0.25, 0.3) is 0 Å². The number of nitrogens with zero attached hydrogens (tertiary/aromatic N) is 2. The van der Waals surface area contributed by atoms with Gasteiger partial charge in [-0.05, 0) is 56.0 Å². The predicted octanol–water partition coefficient (Wildman–Crippen LogP) is 2.21. The molecule has 1 aliphatic heterocycles. The molecule has 0 atom stereocenters. The van der Waals surface area contributed by atoms with E-state index >= 15 is 0 Å². The molecule has 0 amide bonds. The molecule has 0 saturated carbocycles. The second-order valence-corrected chi connectivity index (χ2v) is 5.50. The minimum absolute atomic E-state index is 0.923. The van der Waals surface area contributed by atoms with Crippen LogP contribution in [-0.4, -0.2) is 36.1 Å². The summed E-state index contributed by atoms with van der Waals surface area (Å²) < 4.78 is 0. The topological polar surface area (TPSA) is 28.2 Å². The van der Waals surface area contributed by atoms with Gasteiger partial charge in [-0.1, -0.05) is 6.92 Å². The Labute approximate surface area is 111 Å². The molecule has 3 nitrogen and oxygen atoms in total. The summed E-state index contributed by atoms with van der Waals surface area (Å²) in [4.78, 5) is 6.74. The third-order valence-corrected chi connectivity index (χ3v) is 3.94. The standard InChI is InChI=1S/C15H25N3/c1-13-4-8-18(9-5-13)10-7-17-12-15-11-16-6-3-14(15)2/h3,6,11,13,17H,4-5,7-10,12H2,1-2H3. The highest BCUT2D eigenvalue weighted by Gasteiger charge is 2.14. The molecule has 0 spiro atoms. The highest BCUT2D eigenvalue weighted by molar-refractivity contribution is 5.20. The molecular weight excluding hydrogens is 222 g/mol. The van der Waals surface area contributed by atoms with Gasteiger partial charge in [0.15, 0.2) is 0 Å². The quantitative estimate of drug-likeness (QED) is 0.809. The molecule has 2 rings (SSSR count). The van der Waals surface area contributed by atoms with Gasteiger partial charge in [-0.25, -0.2) is 0 Å². The molecule has 100 valence electrons. The lowest BCUT2D eigenvalue weighted by Gasteiger charge is -2.30. The van der Waals surface area contributed by atoms with Crippen molar-refractivity contribution < 1.29 is 0 Å². The number of nitrogens with one attached hydrogen (secondary N) is 1. The largest absolute Gasteiger partial charge is 0.311 e. The number of likely N-dealkylation sites (tertiary alicyclic amines) is 1. The van der Waals surface area contributed by atoms with Crippen LogP contribution in [0.1, 0.15) is 30.9 Å². The zero-order valence-electron chi connectivity index (χ0n) is 11.7. The monoisotopic (exact) mass is 247 g/mol. The van der Waals surface area contributed by atoms with Crippen molar-refractivity contribution in [1.82, 2.24) is 15.2 Å². The van der Waals surface area contributed by atoms with Gasteiger partial charge in [0.05, 0.1) is 0 Å². The van der Waals surface area contributed by atoms with Crippen LogP contribution in [0.25, 0.3) is 0 Å². The predicted molar refractivity (Wildman–Crippen MR) is 75.5 cm³/mol. The first kappa shape index (κ1) is 13.5. The van der Waals surface area contributed by atoms with Gasteiger partial charge in [-0.3, -0.25) is 4.98 Å². The molecule has 1 fully saturated rings. The fourth-order valence-corrected chi connectivity index (χ4v) is 2.43. The number of pyridine rings is 1. The average Bonchev–Trinajstić information content (AvgIpc) is 2.39. The second-order valence-electron chi connectivity index (χ2n) is 5.50. The fourth-order valence-electron chi connectivity index (χ4n) is 2.43. The van der Waals surface area contributed by atoms with E-state index in [1.807, 2.05) is 12.4 Å². The van der Waals surface area contributed by atoms with Crippen LogP contribution in [0.3, 0.4) is 0 Å². The SMILES string of the molecule is Cc1ccncc1CNCCN1CCC(C)CC1. The Hall–Kier alpha value is -0.930. The van der Waals surface area contributed by atoms with Crippen molar-refractivity contribution in [3.8, 4) is 0 Å². The van der Waals surface area contributed by atoms with Crippen molar-refractivity contribution in [1.29, 1.82) is 0 Å². The highest BCUT2D eigenvalue weighted by atomic mass is 15.1. The van der Waals surface area contributed by atoms with Crippen molar-refractivity contribution in [2.75, 3.05) is 26.2 Å². The van der Waals surface area contributed by atoms with Crippen LogP contribution in [0.15, 0.2) is 18.5 Å². The molecule has 0 bridgehead atoms. The molecule has 18 heavy (non-hydrogen) atoms. The maximum absolute atomic E-state index is 4.17. The third kappa shape index (κ3) is 4.07. The van der Waals surface area contributed by atoms with E-state index in [9.17, 15) is 0 Å². The Morgan fingerprint density at radius 2 is 2.17 bits per heavy atom. The van der Waals surface area contributed by atoms with Crippen molar-refractivity contribution in [3.63, 3.8) is 0 Å². The van der Waals surface area contributed by atoms with Gasteiger partial charge in [0, 0.05) is 32.0 Å². The molecule has 1 saturated heterocycles. The van der Waals surface area contributed by atoms with Crippen LogP contribution in [0.2, 0.25) is 0 Å². The molecule has 0 aromatic carbocycles. The minimum Gasteiger partial charge on any atom is -0.311 e. The maximum Gasteiger partial charge on any atom is 0.0315 e. The van der Waals surface area contributed by atoms with Gasteiger partial charge in [-0.15, -0.1) is 0 Å². The summed E-state index contributed by atoms with van der Waals surface area (Å²) in [6.45, 7) is 10.2. The van der Waals surface area contributed by atoms with Crippen molar-refractivity contribution in [2.24, 2.45) is 5.92 Å². The molecule has 0 aliphatic carbocycles. The number of aryl methyl sites for hydroxylation is 1. The van der Waals surface area contributed by atoms with Crippen LogP contribution in [0.4, 0.5) is 0 Å². The fraction of sp³-hybridized carbons (Fsp3) is 0.667. The first-order chi connectivity index (χ1) is 8.75. The summed E-state index contributed by atoms with van der Waals surface area (Å²) in [6.07, 6.45) is 6.54. The minimum atomic E-state index is 0.923. The summed E-state index contributed by atoms with van der Waals surface area (Å²) in [5.41, 5.74) is 2.63. The Morgan fingerprint density at radius 3 is 2.89 bits per heavy atom. The van der Waals surface area contributed by atoms with Crippen molar-refractivity contribution in [3.05, 3.63) is 29.6 Å². The molecular formula is C15H25N3. The lowest BCUT2D eigenvalue weighted by atomic mass is 9.99. The summed E-state index contributed by atoms with van der Waals surface area (Å²) in [6, 6.07) is 2.07. The summed E-state index contributed by atoms with van der Waals surface area (Å²) in [5, 5.41) is 3.52. The van der Waals surface area contributed by atoms with Gasteiger partial charge in [-0.2, -0.15) is 0 Å². The lowest BCUT2D eigenvalue weighted by molar-refractivity contribution is 0.193. The van der Waals surface area contributed by atoms with Gasteiger partial charge < -0.3 is 10.2 Å². The van der Waals surface area contributed by atoms with Crippen LogP contribution >= 0.6 is 0 Å². The second kappa shape index (κ2) is 6.86. The van der Waals surface area contributed by atoms with E-state index in [1.165, 1.54) is 43.6 Å². The average molecular weight is 247 g/mol. The van der Waals surface area contributed by atoms with E-state index in [-0.39, 0.29) is 0 Å². The Kier molecular flexibility index (Phi) is 5.14. The van der Waals surface area contributed by atoms with E-state index in [1.54, 1.807) is 0 Å². The zero-order valence-corrected chi connectivity index (χ0v) is 11.7. The first-order valence-electron chi connectivity index (χ1n) is 7.08. The van der Waals surface area contributed by atoms with Crippen LogP contribution in [-0.2, 0) is 6.54 Å². The normalized spacial score (nSPS) is 18.1. The molecule has 1 aromatic heterocycles. The van der Waals surface area contributed by atoms with Crippen LogP contribution < -0.4 is 5.32 Å². The summed E-state index contributed by atoms with van der Waals surface area (Å²) in [7, 11) is 0. The lowest BCUT2D eigenvalue weighted by Crippen LogP contribution is -2.37. The van der Waals surface area contributed by atoms with Crippen LogP contribution in [0.5, 0.6) is 0 Å². The van der Waals surface area contributed by atoms with E-state index in [0.29, 0.717) is 0 Å². The smallest absolute Gasteiger partial charge is 0.0315 e. The Bertz CT molecular complexity index is 357. The number of hydrogen-bond acceptors (Lipinski definition) is 3. The van der Waals surface area contributed by atoms with E-state index in [2.05, 4.69) is 35.1 Å². The van der Waals surface area contributed by atoms with Gasteiger partial charge in [0.2, 0.25) is 0 Å². The van der Waals surface area contributed by atoms with Gasteiger partial charge >= 0.3 is 0 Å². The molecule has 2 heterocycles. The first-order valence-corrected chi connectivity index (χ1v) is 7.08. The highest BCUT2D eigenvalue weighted by Crippen LogP contribution is 2.15. The van der Waals surface area contributed by atoms with Gasteiger partial charge in [0.1, 0.15) is 0 Å². The molecule has 0 unspecified atom stereocenters. The number of piperidine rings is 1. The Morgan fingerprint density at radius 1 is 1.39 bits per heavy atom. The number of aromatic nitrogens is 1. The summed E-state index contributed by atoms with van der Waals surface area (Å²) in [5.74, 6) is 0.923. The molecule has 1 N–H and O–H groups in total. The molecule has 1 aliphatic rings. The molecule has 1 aromatic rings. The molecule has 0 radical (unpaired) electrons. The zero-order chi connectivity index (χ0) is 12.8. The maximum atomic E-state index is 4.17. The Balaban J connectivity index is 1.63. The van der Waals surface area contributed by atoms with E-state index in [4.69, 9.17) is 0 Å². The molecule has 3 heteroatoms. The van der Waals surface area contributed by atoms with E-state index in [0.717, 1.165) is 19.0 Å². The third-order valence-electron chi connectivity index (χ3n) is 3.94. The van der Waals surface area contributed by atoms with Crippen molar-refractivity contribution >= 4 is 0 Å².